The van der Waals surface area contributed by atoms with E-state index in [1.54, 1.807) is 11.3 Å². The van der Waals surface area contributed by atoms with Gasteiger partial charge in [0.05, 0.1) is 12.5 Å². The van der Waals surface area contributed by atoms with Gasteiger partial charge in [0.25, 0.3) is 0 Å². The Balaban J connectivity index is 1.66. The van der Waals surface area contributed by atoms with E-state index < -0.39 is 0 Å². The molecule has 1 aromatic heterocycles. The number of ether oxygens (including phenoxy) is 1. The zero-order valence-corrected chi connectivity index (χ0v) is 15.1. The maximum absolute atomic E-state index is 13.0. The third kappa shape index (κ3) is 2.74. The highest BCUT2D eigenvalue weighted by Crippen LogP contribution is 2.43. The second-order valence-electron chi connectivity index (χ2n) is 5.52. The summed E-state index contributed by atoms with van der Waals surface area (Å²) in [6, 6.07) is 17.4. The molecule has 1 amide bonds. The number of nitrogens with one attached hydrogen (secondary N) is 1. The molecule has 120 valence electrons. The number of hydrogen-bond donors (Lipinski definition) is 1. The van der Waals surface area contributed by atoms with Gasteiger partial charge in [-0.1, -0.05) is 36.4 Å². The van der Waals surface area contributed by atoms with Crippen LogP contribution in [0, 0.1) is 0 Å². The molecule has 2 heterocycles. The Hall–Kier alpha value is -2.11. The van der Waals surface area contributed by atoms with E-state index in [0.29, 0.717) is 6.54 Å². The molecule has 3 nitrogen and oxygen atoms in total. The lowest BCUT2D eigenvalue weighted by molar-refractivity contribution is -0.122. The standard InChI is InChI=1S/C19H14BrNO2S/c20-14-9-10-24-17(14)11-21-19(22)18-12-5-1-3-7-15(12)23-16-8-4-2-6-13(16)18/h1-10,18H,11H2,(H,21,22). The van der Waals surface area contributed by atoms with Crippen LogP contribution in [0.3, 0.4) is 0 Å². The number of fused-ring (bicyclic) bond motifs is 2. The van der Waals surface area contributed by atoms with E-state index in [0.717, 1.165) is 32.0 Å². The number of amides is 1. The van der Waals surface area contributed by atoms with Gasteiger partial charge >= 0.3 is 0 Å². The number of rotatable bonds is 3. The van der Waals surface area contributed by atoms with E-state index >= 15 is 0 Å². The molecule has 0 fully saturated rings. The summed E-state index contributed by atoms with van der Waals surface area (Å²) in [6.45, 7) is 0.513. The van der Waals surface area contributed by atoms with Gasteiger partial charge in [-0.25, -0.2) is 0 Å². The molecule has 0 spiro atoms. The highest BCUT2D eigenvalue weighted by molar-refractivity contribution is 9.10. The minimum Gasteiger partial charge on any atom is -0.457 e. The van der Waals surface area contributed by atoms with Gasteiger partial charge < -0.3 is 10.1 Å². The first-order valence-corrected chi connectivity index (χ1v) is 9.26. The second-order valence-corrected chi connectivity index (χ2v) is 7.38. The summed E-state index contributed by atoms with van der Waals surface area (Å²) in [7, 11) is 0. The molecule has 2 aromatic carbocycles. The Morgan fingerprint density at radius 3 is 2.25 bits per heavy atom. The molecule has 3 aromatic rings. The molecule has 1 aliphatic heterocycles. The lowest BCUT2D eigenvalue weighted by Gasteiger charge is -2.27. The van der Waals surface area contributed by atoms with Gasteiger partial charge in [-0.05, 0) is 39.5 Å². The monoisotopic (exact) mass is 399 g/mol. The largest absolute Gasteiger partial charge is 0.457 e. The van der Waals surface area contributed by atoms with E-state index in [-0.39, 0.29) is 11.8 Å². The number of thiophene rings is 1. The molecule has 0 bridgehead atoms. The van der Waals surface area contributed by atoms with Crippen molar-refractivity contribution in [1.82, 2.24) is 5.32 Å². The Morgan fingerprint density at radius 2 is 1.67 bits per heavy atom. The van der Waals surface area contributed by atoms with E-state index in [1.807, 2.05) is 60.0 Å². The zero-order chi connectivity index (χ0) is 16.5. The number of halogens is 1. The second kappa shape index (κ2) is 6.42. The molecule has 0 aliphatic carbocycles. The summed E-state index contributed by atoms with van der Waals surface area (Å²) in [5.41, 5.74) is 1.80. The van der Waals surface area contributed by atoms with Crippen LogP contribution in [0.2, 0.25) is 0 Å². The Bertz CT molecular complexity index is 860. The SMILES string of the molecule is O=C(NCc1sccc1Br)C1c2ccccc2Oc2ccccc21. The normalized spacial score (nSPS) is 12.9. The predicted molar refractivity (Wildman–Crippen MR) is 98.7 cm³/mol. The van der Waals surface area contributed by atoms with Crippen LogP contribution in [-0.2, 0) is 11.3 Å². The fourth-order valence-electron chi connectivity index (χ4n) is 2.91. The topological polar surface area (TPSA) is 38.3 Å². The summed E-state index contributed by atoms with van der Waals surface area (Å²) in [4.78, 5) is 14.1. The summed E-state index contributed by atoms with van der Waals surface area (Å²) < 4.78 is 6.97. The number of carbonyl (C=O) groups excluding carboxylic acids is 1. The van der Waals surface area contributed by atoms with Crippen LogP contribution in [0.15, 0.2) is 64.5 Å². The lowest BCUT2D eigenvalue weighted by Crippen LogP contribution is -2.31. The molecule has 24 heavy (non-hydrogen) atoms. The van der Waals surface area contributed by atoms with E-state index in [1.165, 1.54) is 0 Å². The molecule has 0 atom stereocenters. The van der Waals surface area contributed by atoms with Crippen molar-refractivity contribution in [1.29, 1.82) is 0 Å². The predicted octanol–water partition coefficient (Wildman–Crippen LogP) is 5.06. The van der Waals surface area contributed by atoms with Gasteiger partial charge in [-0.2, -0.15) is 0 Å². The molecule has 0 unspecified atom stereocenters. The van der Waals surface area contributed by atoms with Crippen molar-refractivity contribution in [3.63, 3.8) is 0 Å². The third-order valence-corrected chi connectivity index (χ3v) is 5.98. The maximum Gasteiger partial charge on any atom is 0.232 e. The molecule has 4 rings (SSSR count). The molecule has 0 saturated heterocycles. The average molecular weight is 400 g/mol. The summed E-state index contributed by atoms with van der Waals surface area (Å²) in [5.74, 6) is 1.12. The first kappa shape index (κ1) is 15.4. The van der Waals surface area contributed by atoms with Crippen molar-refractivity contribution in [2.45, 2.75) is 12.5 Å². The van der Waals surface area contributed by atoms with Crippen molar-refractivity contribution in [3.8, 4) is 11.5 Å². The highest BCUT2D eigenvalue weighted by atomic mass is 79.9. The van der Waals surface area contributed by atoms with E-state index in [4.69, 9.17) is 4.74 Å². The quantitative estimate of drug-likeness (QED) is 0.667. The number of para-hydroxylation sites is 2. The van der Waals surface area contributed by atoms with Gasteiger partial charge in [0, 0.05) is 20.5 Å². The van der Waals surface area contributed by atoms with Crippen LogP contribution in [-0.4, -0.2) is 5.91 Å². The first-order valence-electron chi connectivity index (χ1n) is 7.59. The number of benzene rings is 2. The van der Waals surface area contributed by atoms with Gasteiger partial charge in [0.2, 0.25) is 5.91 Å². The van der Waals surface area contributed by atoms with E-state index in [9.17, 15) is 4.79 Å². The Kier molecular flexibility index (Phi) is 4.12. The van der Waals surface area contributed by atoms with E-state index in [2.05, 4.69) is 21.2 Å². The van der Waals surface area contributed by atoms with Crippen molar-refractivity contribution in [2.24, 2.45) is 0 Å². The smallest absolute Gasteiger partial charge is 0.232 e. The molecular formula is C19H14BrNO2S. The summed E-state index contributed by atoms with van der Waals surface area (Å²) >= 11 is 5.13. The molecule has 5 heteroatoms. The minimum atomic E-state index is -0.357. The summed E-state index contributed by atoms with van der Waals surface area (Å²) in [6.07, 6.45) is 0. The zero-order valence-electron chi connectivity index (χ0n) is 12.7. The third-order valence-electron chi connectivity index (χ3n) is 4.06. The fraction of sp³-hybridized carbons (Fsp3) is 0.105. The summed E-state index contributed by atoms with van der Waals surface area (Å²) in [5, 5.41) is 5.07. The van der Waals surface area contributed by atoms with Crippen molar-refractivity contribution in [2.75, 3.05) is 0 Å². The first-order chi connectivity index (χ1) is 11.7. The average Bonchev–Trinajstić information content (AvgIpc) is 3.02. The Labute approximate surface area is 152 Å². The minimum absolute atomic E-state index is 0.0153. The van der Waals surface area contributed by atoms with Gasteiger partial charge in [0.1, 0.15) is 11.5 Å². The molecule has 0 saturated carbocycles. The molecule has 0 radical (unpaired) electrons. The van der Waals surface area contributed by atoms with Crippen molar-refractivity contribution in [3.05, 3.63) is 80.5 Å². The highest BCUT2D eigenvalue weighted by Gasteiger charge is 2.32. The van der Waals surface area contributed by atoms with Crippen LogP contribution in [0.1, 0.15) is 21.9 Å². The Morgan fingerprint density at radius 1 is 1.04 bits per heavy atom. The molecule has 1 aliphatic rings. The van der Waals surface area contributed by atoms with Crippen LogP contribution in [0.4, 0.5) is 0 Å². The van der Waals surface area contributed by atoms with Crippen molar-refractivity contribution >= 4 is 33.2 Å². The fourth-order valence-corrected chi connectivity index (χ4v) is 4.35. The van der Waals surface area contributed by atoms with Crippen molar-refractivity contribution < 1.29 is 9.53 Å². The van der Waals surface area contributed by atoms with Gasteiger partial charge in [-0.3, -0.25) is 4.79 Å². The maximum atomic E-state index is 13.0. The molecular weight excluding hydrogens is 386 g/mol. The van der Waals surface area contributed by atoms with Crippen LogP contribution in [0.25, 0.3) is 0 Å². The lowest BCUT2D eigenvalue weighted by atomic mass is 9.87. The van der Waals surface area contributed by atoms with Gasteiger partial charge in [-0.15, -0.1) is 11.3 Å². The van der Waals surface area contributed by atoms with Gasteiger partial charge in [0.15, 0.2) is 0 Å². The van der Waals surface area contributed by atoms with Crippen LogP contribution < -0.4 is 10.1 Å². The number of hydrogen-bond acceptors (Lipinski definition) is 3. The van der Waals surface area contributed by atoms with Crippen LogP contribution >= 0.6 is 27.3 Å². The molecule has 1 N–H and O–H groups in total. The number of carbonyl (C=O) groups is 1. The van der Waals surface area contributed by atoms with Crippen LogP contribution in [0.5, 0.6) is 11.5 Å².